The molecule has 8 heteroatoms. The van der Waals surface area contributed by atoms with Crippen LogP contribution in [0.3, 0.4) is 0 Å². The number of nitrogens with one attached hydrogen (secondary N) is 1. The van der Waals surface area contributed by atoms with E-state index in [4.69, 9.17) is 0 Å². The van der Waals surface area contributed by atoms with Gasteiger partial charge in [-0.2, -0.15) is 4.98 Å². The van der Waals surface area contributed by atoms with Gasteiger partial charge in [-0.1, -0.05) is 12.1 Å². The second-order valence-electron chi connectivity index (χ2n) is 3.95. The zero-order chi connectivity index (χ0) is 14.5. The summed E-state index contributed by atoms with van der Waals surface area (Å²) in [5.74, 6) is 0. The van der Waals surface area contributed by atoms with Crippen molar-refractivity contribution < 1.29 is 4.92 Å². The number of aromatic nitrogens is 2. The van der Waals surface area contributed by atoms with Gasteiger partial charge in [0.1, 0.15) is 6.20 Å². The highest BCUT2D eigenvalue weighted by Gasteiger charge is 2.08. The van der Waals surface area contributed by atoms with Crippen LogP contribution in [0.4, 0.5) is 11.4 Å². The van der Waals surface area contributed by atoms with Crippen molar-refractivity contribution in [1.82, 2.24) is 9.55 Å². The van der Waals surface area contributed by atoms with Gasteiger partial charge in [0.25, 0.3) is 0 Å². The van der Waals surface area contributed by atoms with Gasteiger partial charge < -0.3 is 5.32 Å². The molecule has 0 aliphatic carbocycles. The number of hydrogen-bond acceptors (Lipinski definition) is 5. The van der Waals surface area contributed by atoms with Crippen LogP contribution in [0.25, 0.3) is 0 Å². The van der Waals surface area contributed by atoms with Gasteiger partial charge in [0, 0.05) is 23.2 Å². The molecule has 1 aromatic carbocycles. The lowest BCUT2D eigenvalue weighted by atomic mass is 10.3. The molecule has 0 atom stereocenters. The van der Waals surface area contributed by atoms with Gasteiger partial charge in [0.15, 0.2) is 0 Å². The first-order valence-corrected chi connectivity index (χ1v) is 6.56. The van der Waals surface area contributed by atoms with E-state index in [0.29, 0.717) is 6.54 Å². The van der Waals surface area contributed by atoms with Crippen LogP contribution in [0.2, 0.25) is 0 Å². The average molecular weight is 339 g/mol. The molecule has 0 bridgehead atoms. The molecule has 7 nitrogen and oxygen atoms in total. The maximum atomic E-state index is 11.5. The Hall–Kier alpha value is -2.22. The first-order chi connectivity index (χ1) is 9.58. The van der Waals surface area contributed by atoms with Crippen molar-refractivity contribution in [3.05, 3.63) is 61.7 Å². The molecule has 1 heterocycles. The van der Waals surface area contributed by atoms with Gasteiger partial charge in [0.2, 0.25) is 0 Å². The molecule has 1 N–H and O–H groups in total. The Bertz CT molecular complexity index is 686. The van der Waals surface area contributed by atoms with Crippen molar-refractivity contribution >= 4 is 27.3 Å². The molecule has 0 fully saturated rings. The number of nitro groups is 1. The van der Waals surface area contributed by atoms with Crippen LogP contribution in [0.15, 0.2) is 45.9 Å². The van der Waals surface area contributed by atoms with Crippen molar-refractivity contribution in [2.24, 2.45) is 0 Å². The molecule has 2 aromatic rings. The first kappa shape index (κ1) is 14.2. The molecule has 20 heavy (non-hydrogen) atoms. The number of halogens is 1. The van der Waals surface area contributed by atoms with E-state index in [1.54, 1.807) is 0 Å². The number of rotatable bonds is 5. The number of nitrogens with zero attached hydrogens (tertiary/aromatic N) is 3. The summed E-state index contributed by atoms with van der Waals surface area (Å²) in [6.45, 7) is 0.736. The second-order valence-corrected chi connectivity index (χ2v) is 4.81. The van der Waals surface area contributed by atoms with Crippen molar-refractivity contribution in [2.75, 3.05) is 11.9 Å². The van der Waals surface area contributed by atoms with Gasteiger partial charge in [-0.05, 0) is 28.1 Å². The third-order valence-corrected chi connectivity index (χ3v) is 3.29. The number of anilines is 1. The molecule has 0 aliphatic rings. The summed E-state index contributed by atoms with van der Waals surface area (Å²) in [5.41, 5.74) is 0.175. The number of para-hydroxylation sites is 1. The molecule has 0 saturated heterocycles. The highest BCUT2D eigenvalue weighted by Crippen LogP contribution is 2.20. The van der Waals surface area contributed by atoms with Gasteiger partial charge in [-0.15, -0.1) is 0 Å². The minimum atomic E-state index is -0.579. The fourth-order valence-corrected chi connectivity index (χ4v) is 2.04. The monoisotopic (exact) mass is 338 g/mol. The summed E-state index contributed by atoms with van der Waals surface area (Å²) in [6.07, 6.45) is 2.15. The molecular weight excluding hydrogens is 328 g/mol. The molecule has 0 aliphatic heterocycles. The highest BCUT2D eigenvalue weighted by molar-refractivity contribution is 9.10. The van der Waals surface area contributed by atoms with E-state index < -0.39 is 10.6 Å². The quantitative estimate of drug-likeness (QED) is 0.665. The normalized spacial score (nSPS) is 10.2. The second kappa shape index (κ2) is 6.29. The van der Waals surface area contributed by atoms with Crippen molar-refractivity contribution in [2.45, 2.75) is 6.54 Å². The van der Waals surface area contributed by atoms with Crippen LogP contribution in [-0.4, -0.2) is 21.0 Å². The molecule has 104 valence electrons. The molecule has 1 aromatic heterocycles. The minimum absolute atomic E-state index is 0.203. The van der Waals surface area contributed by atoms with E-state index in [1.807, 2.05) is 24.3 Å². The Morgan fingerprint density at radius 1 is 1.40 bits per heavy atom. The smallest absolute Gasteiger partial charge is 0.348 e. The zero-order valence-electron chi connectivity index (χ0n) is 10.3. The molecular formula is C12H11BrN4O3. The predicted molar refractivity (Wildman–Crippen MR) is 77.8 cm³/mol. The van der Waals surface area contributed by atoms with E-state index in [9.17, 15) is 14.9 Å². The Morgan fingerprint density at radius 2 is 2.15 bits per heavy atom. The van der Waals surface area contributed by atoms with E-state index in [2.05, 4.69) is 26.2 Å². The average Bonchev–Trinajstić information content (AvgIpc) is 2.42. The Morgan fingerprint density at radius 3 is 2.85 bits per heavy atom. The minimum Gasteiger partial charge on any atom is -0.382 e. The Balaban J connectivity index is 2.04. The summed E-state index contributed by atoms with van der Waals surface area (Å²) in [5, 5.41) is 13.8. The van der Waals surface area contributed by atoms with Crippen LogP contribution in [0.1, 0.15) is 0 Å². The van der Waals surface area contributed by atoms with Gasteiger partial charge in [-0.3, -0.25) is 14.7 Å². The summed E-state index contributed by atoms with van der Waals surface area (Å²) in [6, 6.07) is 7.56. The highest BCUT2D eigenvalue weighted by atomic mass is 79.9. The summed E-state index contributed by atoms with van der Waals surface area (Å²) < 4.78 is 2.12. The lowest BCUT2D eigenvalue weighted by Gasteiger charge is -2.09. The van der Waals surface area contributed by atoms with E-state index in [-0.39, 0.29) is 12.2 Å². The zero-order valence-corrected chi connectivity index (χ0v) is 11.9. The molecule has 0 spiro atoms. The van der Waals surface area contributed by atoms with Crippen LogP contribution in [0, 0.1) is 10.1 Å². The van der Waals surface area contributed by atoms with Crippen LogP contribution in [0.5, 0.6) is 0 Å². The molecule has 2 rings (SSSR count). The fourth-order valence-electron chi connectivity index (χ4n) is 1.61. The van der Waals surface area contributed by atoms with Gasteiger partial charge in [-0.25, -0.2) is 4.79 Å². The standard InChI is InChI=1S/C12H11BrN4O3/c13-10-3-1-2-4-11(10)14-5-6-16-8-9(17(19)20)7-15-12(16)18/h1-4,7-8,14H,5-6H2. The molecule has 0 saturated carbocycles. The first-order valence-electron chi connectivity index (χ1n) is 5.77. The number of hydrogen-bond donors (Lipinski definition) is 1. The maximum absolute atomic E-state index is 11.5. The SMILES string of the molecule is O=c1ncc([N+](=O)[O-])cn1CCNc1ccccc1Br. The third kappa shape index (κ3) is 3.41. The summed E-state index contributed by atoms with van der Waals surface area (Å²) in [7, 11) is 0. The topological polar surface area (TPSA) is 90.1 Å². The van der Waals surface area contributed by atoms with Gasteiger partial charge >= 0.3 is 11.4 Å². The Labute approximate surface area is 122 Å². The van der Waals surface area contributed by atoms with E-state index in [0.717, 1.165) is 16.4 Å². The number of benzene rings is 1. The predicted octanol–water partition coefficient (Wildman–Crippen LogP) is 2.03. The summed E-state index contributed by atoms with van der Waals surface area (Å²) in [4.78, 5) is 25.0. The van der Waals surface area contributed by atoms with Crippen molar-refractivity contribution in [3.63, 3.8) is 0 Å². The van der Waals surface area contributed by atoms with Crippen LogP contribution >= 0.6 is 15.9 Å². The lowest BCUT2D eigenvalue weighted by Crippen LogP contribution is -2.25. The molecule has 0 amide bonds. The Kier molecular flexibility index (Phi) is 4.46. The fraction of sp³-hybridized carbons (Fsp3) is 0.167. The van der Waals surface area contributed by atoms with E-state index >= 15 is 0 Å². The van der Waals surface area contributed by atoms with Crippen molar-refractivity contribution in [1.29, 1.82) is 0 Å². The largest absolute Gasteiger partial charge is 0.382 e. The van der Waals surface area contributed by atoms with Gasteiger partial charge in [0.05, 0.1) is 11.1 Å². The van der Waals surface area contributed by atoms with E-state index in [1.165, 1.54) is 10.8 Å². The van der Waals surface area contributed by atoms with Crippen molar-refractivity contribution in [3.8, 4) is 0 Å². The van der Waals surface area contributed by atoms with Crippen LogP contribution in [-0.2, 0) is 6.54 Å². The lowest BCUT2D eigenvalue weighted by molar-refractivity contribution is -0.385. The molecule has 0 unspecified atom stereocenters. The van der Waals surface area contributed by atoms with Crippen LogP contribution < -0.4 is 11.0 Å². The third-order valence-electron chi connectivity index (χ3n) is 2.59. The molecule has 0 radical (unpaired) electrons. The maximum Gasteiger partial charge on any atom is 0.348 e. The summed E-state index contributed by atoms with van der Waals surface area (Å²) >= 11 is 3.40.